The molecule has 0 saturated heterocycles. The second-order valence-electron chi connectivity index (χ2n) is 2.20. The largest absolute Gasteiger partial charge is 0.299 e. The molecule has 1 N–H and O–H groups in total. The molecule has 2 amide bonds. The smallest absolute Gasteiger partial charge is 0.230 e. The van der Waals surface area contributed by atoms with Crippen molar-refractivity contribution in [1.29, 1.82) is 0 Å². The van der Waals surface area contributed by atoms with Gasteiger partial charge in [0.05, 0.1) is 6.42 Å². The quantitative estimate of drug-likeness (QED) is 0.639. The van der Waals surface area contributed by atoms with Gasteiger partial charge in [0.1, 0.15) is 0 Å². The van der Waals surface area contributed by atoms with Gasteiger partial charge in [0, 0.05) is 0 Å². The molecule has 1 aromatic carbocycles. The third kappa shape index (κ3) is 2.43. The summed E-state index contributed by atoms with van der Waals surface area (Å²) < 4.78 is 0. The lowest BCUT2D eigenvalue weighted by Gasteiger charge is -1.95. The SMILES string of the molecule is O=CNC(=O)Cc1cc#ccc1. The Balaban J connectivity index is 2.52. The van der Waals surface area contributed by atoms with Crippen molar-refractivity contribution >= 4 is 12.3 Å². The van der Waals surface area contributed by atoms with Gasteiger partial charge in [-0.2, -0.15) is 0 Å². The van der Waals surface area contributed by atoms with E-state index < -0.39 is 0 Å². The summed E-state index contributed by atoms with van der Waals surface area (Å²) in [5, 5.41) is 2.05. The molecule has 3 heteroatoms. The lowest BCUT2D eigenvalue weighted by atomic mass is 10.2. The Morgan fingerprint density at radius 1 is 1.58 bits per heavy atom. The fraction of sp³-hybridized carbons (Fsp3) is 0.111. The minimum absolute atomic E-state index is 0.198. The third-order valence-electron chi connectivity index (χ3n) is 1.31. The molecule has 0 spiro atoms. The molecule has 0 aliphatic carbocycles. The van der Waals surface area contributed by atoms with Crippen LogP contribution in [-0.2, 0) is 16.0 Å². The highest BCUT2D eigenvalue weighted by Crippen LogP contribution is 1.95. The minimum Gasteiger partial charge on any atom is -0.299 e. The average Bonchev–Trinajstić information content (AvgIpc) is 2.06. The van der Waals surface area contributed by atoms with Crippen molar-refractivity contribution in [3.8, 4) is 0 Å². The zero-order valence-corrected chi connectivity index (χ0v) is 6.33. The van der Waals surface area contributed by atoms with Gasteiger partial charge in [-0.25, -0.2) is 0 Å². The predicted molar refractivity (Wildman–Crippen MR) is 42.0 cm³/mol. The number of hydrogen-bond acceptors (Lipinski definition) is 2. The molecule has 0 aliphatic rings. The van der Waals surface area contributed by atoms with Gasteiger partial charge in [-0.05, 0) is 23.8 Å². The van der Waals surface area contributed by atoms with E-state index >= 15 is 0 Å². The van der Waals surface area contributed by atoms with Crippen LogP contribution in [0.25, 0.3) is 0 Å². The fourth-order valence-corrected chi connectivity index (χ4v) is 0.791. The first kappa shape index (κ1) is 8.28. The van der Waals surface area contributed by atoms with Crippen LogP contribution < -0.4 is 5.32 Å². The third-order valence-corrected chi connectivity index (χ3v) is 1.31. The van der Waals surface area contributed by atoms with Crippen molar-refractivity contribution in [2.45, 2.75) is 6.42 Å². The molecule has 0 heterocycles. The number of hydrogen-bond donors (Lipinski definition) is 1. The van der Waals surface area contributed by atoms with Crippen LogP contribution in [0.1, 0.15) is 5.56 Å². The number of imide groups is 1. The van der Waals surface area contributed by atoms with E-state index in [1.807, 2.05) is 0 Å². The maximum Gasteiger partial charge on any atom is 0.230 e. The standard InChI is InChI=1S/C9H7NO2/c11-7-10-9(12)6-8-4-2-1-3-5-8/h2,4-5,7H,6H2,(H,10,11,12). The van der Waals surface area contributed by atoms with Crippen LogP contribution in [0, 0.1) is 12.1 Å². The van der Waals surface area contributed by atoms with Gasteiger partial charge in [-0.3, -0.25) is 14.9 Å². The number of amides is 2. The summed E-state index contributed by atoms with van der Waals surface area (Å²) in [6.45, 7) is 0. The number of rotatable bonds is 3. The first-order valence-electron chi connectivity index (χ1n) is 3.42. The van der Waals surface area contributed by atoms with E-state index in [4.69, 9.17) is 0 Å². The molecule has 0 bridgehead atoms. The zero-order valence-electron chi connectivity index (χ0n) is 6.33. The van der Waals surface area contributed by atoms with Gasteiger partial charge in [-0.15, -0.1) is 0 Å². The van der Waals surface area contributed by atoms with E-state index in [1.54, 1.807) is 18.2 Å². The molecule has 0 fully saturated rings. The molecule has 0 radical (unpaired) electrons. The number of carbonyl (C=O) groups is 2. The van der Waals surface area contributed by atoms with Crippen molar-refractivity contribution in [3.05, 3.63) is 35.9 Å². The van der Waals surface area contributed by atoms with Crippen LogP contribution in [0.15, 0.2) is 18.2 Å². The number of nitrogens with one attached hydrogen (secondary N) is 1. The maximum atomic E-state index is 10.8. The Kier molecular flexibility index (Phi) is 2.86. The molecule has 0 atom stereocenters. The van der Waals surface area contributed by atoms with Crippen LogP contribution in [0.2, 0.25) is 0 Å². The Hall–Kier alpha value is -1.82. The van der Waals surface area contributed by atoms with Crippen LogP contribution in [0.5, 0.6) is 0 Å². The van der Waals surface area contributed by atoms with E-state index in [0.29, 0.717) is 6.41 Å². The highest BCUT2D eigenvalue weighted by molar-refractivity contribution is 5.87. The van der Waals surface area contributed by atoms with Crippen LogP contribution in [-0.4, -0.2) is 12.3 Å². The summed E-state index contributed by atoms with van der Waals surface area (Å²) >= 11 is 0. The normalized spacial score (nSPS) is 8.33. The molecule has 1 rings (SSSR count). The monoisotopic (exact) mass is 161 g/mol. The van der Waals surface area contributed by atoms with E-state index in [-0.39, 0.29) is 12.3 Å². The second-order valence-corrected chi connectivity index (χ2v) is 2.20. The lowest BCUT2D eigenvalue weighted by Crippen LogP contribution is -2.22. The van der Waals surface area contributed by atoms with Gasteiger partial charge >= 0.3 is 0 Å². The van der Waals surface area contributed by atoms with Crippen molar-refractivity contribution in [3.63, 3.8) is 0 Å². The van der Waals surface area contributed by atoms with Gasteiger partial charge in [0.15, 0.2) is 0 Å². The van der Waals surface area contributed by atoms with Gasteiger partial charge in [-0.1, -0.05) is 12.1 Å². The zero-order chi connectivity index (χ0) is 8.81. The summed E-state index contributed by atoms with van der Waals surface area (Å²) in [4.78, 5) is 20.7. The molecule has 0 unspecified atom stereocenters. The number of carbonyl (C=O) groups excluding carboxylic acids is 2. The minimum atomic E-state index is -0.315. The van der Waals surface area contributed by atoms with Crippen molar-refractivity contribution in [1.82, 2.24) is 5.32 Å². The fourth-order valence-electron chi connectivity index (χ4n) is 0.791. The molecule has 12 heavy (non-hydrogen) atoms. The van der Waals surface area contributed by atoms with E-state index in [9.17, 15) is 9.59 Å². The second kappa shape index (κ2) is 4.14. The molecule has 3 nitrogen and oxygen atoms in total. The predicted octanol–water partition coefficient (Wildman–Crippen LogP) is 0.102. The first-order chi connectivity index (χ1) is 5.83. The summed E-state index contributed by atoms with van der Waals surface area (Å²) in [6.07, 6.45) is 0.574. The summed E-state index contributed by atoms with van der Waals surface area (Å²) in [6, 6.07) is 10.5. The highest BCUT2D eigenvalue weighted by Gasteiger charge is 1.99. The van der Waals surface area contributed by atoms with Crippen LogP contribution >= 0.6 is 0 Å². The maximum absolute atomic E-state index is 10.8. The highest BCUT2D eigenvalue weighted by atomic mass is 16.2. The summed E-state index contributed by atoms with van der Waals surface area (Å²) in [5.41, 5.74) is 0.813. The molecule has 0 aliphatic heterocycles. The van der Waals surface area contributed by atoms with Gasteiger partial charge in [0.2, 0.25) is 12.3 Å². The van der Waals surface area contributed by atoms with Crippen molar-refractivity contribution in [2.24, 2.45) is 0 Å². The lowest BCUT2D eigenvalue weighted by molar-refractivity contribution is -0.124. The Morgan fingerprint density at radius 3 is 3.00 bits per heavy atom. The van der Waals surface area contributed by atoms with E-state index in [2.05, 4.69) is 17.4 Å². The van der Waals surface area contributed by atoms with Crippen LogP contribution in [0.3, 0.4) is 0 Å². The average molecular weight is 161 g/mol. The van der Waals surface area contributed by atoms with E-state index in [1.165, 1.54) is 0 Å². The molecular formula is C9H7NO2. The summed E-state index contributed by atoms with van der Waals surface area (Å²) in [7, 11) is 0. The molecular weight excluding hydrogens is 154 g/mol. The Bertz CT molecular complexity index is 269. The Morgan fingerprint density at radius 2 is 2.42 bits per heavy atom. The van der Waals surface area contributed by atoms with Gasteiger partial charge < -0.3 is 0 Å². The van der Waals surface area contributed by atoms with Crippen molar-refractivity contribution in [2.75, 3.05) is 0 Å². The molecule has 1 aromatic rings. The van der Waals surface area contributed by atoms with Crippen molar-refractivity contribution < 1.29 is 9.59 Å². The topological polar surface area (TPSA) is 46.2 Å². The van der Waals surface area contributed by atoms with E-state index in [0.717, 1.165) is 5.56 Å². The van der Waals surface area contributed by atoms with Gasteiger partial charge in [0.25, 0.3) is 0 Å². The summed E-state index contributed by atoms with van der Waals surface area (Å²) in [5.74, 6) is -0.315. The van der Waals surface area contributed by atoms with Crippen LogP contribution in [0.4, 0.5) is 0 Å². The molecule has 0 aromatic heterocycles. The Labute approximate surface area is 70.4 Å². The first-order valence-corrected chi connectivity index (χ1v) is 3.42. The molecule has 60 valence electrons. The molecule has 0 saturated carbocycles.